The van der Waals surface area contributed by atoms with Gasteiger partial charge in [0, 0.05) is 27.2 Å². The highest BCUT2D eigenvalue weighted by Gasteiger charge is 2.43. The summed E-state index contributed by atoms with van der Waals surface area (Å²) in [6.07, 6.45) is -5.65. The van der Waals surface area contributed by atoms with E-state index in [0.29, 0.717) is 22.3 Å². The van der Waals surface area contributed by atoms with Gasteiger partial charge in [-0.05, 0) is 42.9 Å². The van der Waals surface area contributed by atoms with Gasteiger partial charge in [-0.1, -0.05) is 49.2 Å². The van der Waals surface area contributed by atoms with E-state index in [1.807, 2.05) is 0 Å². The van der Waals surface area contributed by atoms with Crippen molar-refractivity contribution in [3.8, 4) is 0 Å². The molecule has 0 fully saturated rings. The molecule has 6 nitrogen and oxygen atoms in total. The fourth-order valence-corrected chi connectivity index (χ4v) is 3.18. The summed E-state index contributed by atoms with van der Waals surface area (Å²) in [5.41, 5.74) is 6.13. The van der Waals surface area contributed by atoms with Gasteiger partial charge in [0.1, 0.15) is 12.2 Å². The number of nitrogens with two attached hydrogens (primary N) is 1. The Morgan fingerprint density at radius 1 is 1.12 bits per heavy atom. The van der Waals surface area contributed by atoms with Gasteiger partial charge in [0.05, 0.1) is 0 Å². The first-order valence-corrected chi connectivity index (χ1v) is 10.5. The van der Waals surface area contributed by atoms with Gasteiger partial charge in [-0.25, -0.2) is 4.99 Å². The zero-order chi connectivity index (χ0) is 23.9. The second kappa shape index (κ2) is 11.5. The Labute approximate surface area is 194 Å². The highest BCUT2D eigenvalue weighted by atomic mass is 35.5. The van der Waals surface area contributed by atoms with Gasteiger partial charge in [0.25, 0.3) is 5.91 Å². The number of anilines is 1. The molecular weight excluding hydrogens is 466 g/mol. The van der Waals surface area contributed by atoms with Crippen LogP contribution in [0.15, 0.2) is 53.5 Å². The van der Waals surface area contributed by atoms with Crippen LogP contribution in [0.2, 0.25) is 10.0 Å². The van der Waals surface area contributed by atoms with Crippen LogP contribution in [-0.2, 0) is 0 Å². The van der Waals surface area contributed by atoms with E-state index in [4.69, 9.17) is 28.9 Å². The second-order valence-electron chi connectivity index (χ2n) is 7.01. The minimum atomic E-state index is -4.60. The van der Waals surface area contributed by atoms with Crippen LogP contribution in [-0.4, -0.2) is 36.8 Å². The van der Waals surface area contributed by atoms with E-state index in [-0.39, 0.29) is 11.5 Å². The van der Waals surface area contributed by atoms with E-state index in [0.717, 1.165) is 0 Å². The number of benzene rings is 2. The first-order valence-electron chi connectivity index (χ1n) is 9.74. The number of aliphatic imine (C=N–C) groups is 1. The maximum Gasteiger partial charge on any atom is 0.404 e. The van der Waals surface area contributed by atoms with Gasteiger partial charge < -0.3 is 11.1 Å². The Balaban J connectivity index is 2.39. The van der Waals surface area contributed by atoms with Crippen molar-refractivity contribution in [2.24, 2.45) is 16.6 Å². The number of nitrogens with one attached hydrogen (secondary N) is 3. The van der Waals surface area contributed by atoms with E-state index in [1.165, 1.54) is 13.0 Å². The summed E-state index contributed by atoms with van der Waals surface area (Å²) in [6, 6.07) is 10.7. The van der Waals surface area contributed by atoms with Crippen LogP contribution in [0, 0.1) is 5.92 Å². The van der Waals surface area contributed by atoms with Gasteiger partial charge in [0.15, 0.2) is 0 Å². The summed E-state index contributed by atoms with van der Waals surface area (Å²) in [4.78, 5) is 17.0. The molecule has 0 saturated heterocycles. The van der Waals surface area contributed by atoms with Gasteiger partial charge in [-0.3, -0.25) is 15.4 Å². The molecule has 2 aromatic rings. The van der Waals surface area contributed by atoms with Crippen molar-refractivity contribution in [3.05, 3.63) is 64.1 Å². The zero-order valence-corrected chi connectivity index (χ0v) is 18.9. The standard InChI is InChI=1S/C21H24Cl2F3N5O/c1-3-28-18(12(2)17(27)21(24,25)26)30-20(29-16-9-5-8-15(23)11-16)31-19(32)13-6-4-7-14(22)10-13/h4-12,17-18,28H,3,27H2,1-2H3,(H2,29,30,31,32). The van der Waals surface area contributed by atoms with Crippen molar-refractivity contribution >= 4 is 40.8 Å². The molecule has 0 aliphatic rings. The van der Waals surface area contributed by atoms with E-state index in [2.05, 4.69) is 20.9 Å². The molecule has 2 aromatic carbocycles. The lowest BCUT2D eigenvalue weighted by Gasteiger charge is -2.28. The minimum absolute atomic E-state index is 0.0792. The lowest BCUT2D eigenvalue weighted by atomic mass is 9.99. The molecule has 0 bridgehead atoms. The van der Waals surface area contributed by atoms with Crippen molar-refractivity contribution in [1.82, 2.24) is 10.6 Å². The molecule has 0 radical (unpaired) electrons. The topological polar surface area (TPSA) is 91.5 Å². The first kappa shape index (κ1) is 25.9. The maximum atomic E-state index is 13.2. The van der Waals surface area contributed by atoms with Crippen LogP contribution in [0.25, 0.3) is 0 Å². The predicted molar refractivity (Wildman–Crippen MR) is 122 cm³/mol. The molecule has 3 atom stereocenters. The quantitative estimate of drug-likeness (QED) is 0.336. The number of hydrogen-bond acceptors (Lipinski definition) is 4. The fourth-order valence-electron chi connectivity index (χ4n) is 2.80. The lowest BCUT2D eigenvalue weighted by molar-refractivity contribution is -0.159. The SMILES string of the molecule is CCNC(N=C(NC(=O)c1cccc(Cl)c1)Nc1cccc(Cl)c1)C(C)C(N)C(F)(F)F. The molecule has 2 rings (SSSR count). The largest absolute Gasteiger partial charge is 0.404 e. The molecular formula is C21H24Cl2F3N5O. The number of carbonyl (C=O) groups excluding carboxylic acids is 1. The highest BCUT2D eigenvalue weighted by molar-refractivity contribution is 6.31. The molecule has 0 aliphatic carbocycles. The minimum Gasteiger partial charge on any atom is -0.326 e. The van der Waals surface area contributed by atoms with Crippen LogP contribution in [0.3, 0.4) is 0 Å². The second-order valence-corrected chi connectivity index (χ2v) is 7.88. The number of guanidine groups is 1. The summed E-state index contributed by atoms with van der Waals surface area (Å²) < 4.78 is 39.6. The Bertz CT molecular complexity index is 955. The normalized spacial score (nSPS) is 15.1. The Kier molecular flexibility index (Phi) is 9.33. The molecule has 0 spiro atoms. The van der Waals surface area contributed by atoms with Gasteiger partial charge in [0.2, 0.25) is 5.96 Å². The molecule has 11 heteroatoms. The molecule has 0 aliphatic heterocycles. The fraction of sp³-hybridized carbons (Fsp3) is 0.333. The van der Waals surface area contributed by atoms with Crippen LogP contribution in [0.1, 0.15) is 24.2 Å². The van der Waals surface area contributed by atoms with E-state index in [1.54, 1.807) is 49.4 Å². The first-order chi connectivity index (χ1) is 15.0. The molecule has 0 saturated carbocycles. The van der Waals surface area contributed by atoms with E-state index >= 15 is 0 Å². The van der Waals surface area contributed by atoms with Crippen LogP contribution < -0.4 is 21.7 Å². The zero-order valence-electron chi connectivity index (χ0n) is 17.4. The summed E-state index contributed by atoms with van der Waals surface area (Å²) in [5.74, 6) is -1.76. The molecule has 0 aromatic heterocycles. The molecule has 32 heavy (non-hydrogen) atoms. The smallest absolute Gasteiger partial charge is 0.326 e. The predicted octanol–water partition coefficient (Wildman–Crippen LogP) is 4.65. The highest BCUT2D eigenvalue weighted by Crippen LogP contribution is 2.26. The summed E-state index contributed by atoms with van der Waals surface area (Å²) in [5, 5.41) is 9.14. The van der Waals surface area contributed by atoms with Gasteiger partial charge in [-0.2, -0.15) is 13.2 Å². The molecule has 174 valence electrons. The van der Waals surface area contributed by atoms with E-state index < -0.39 is 30.2 Å². The summed E-state index contributed by atoms with van der Waals surface area (Å²) >= 11 is 12.0. The number of rotatable bonds is 7. The third-order valence-corrected chi connectivity index (χ3v) is 5.00. The third kappa shape index (κ3) is 7.67. The number of alkyl halides is 3. The van der Waals surface area contributed by atoms with Crippen LogP contribution >= 0.6 is 23.2 Å². The lowest BCUT2D eigenvalue weighted by Crippen LogP contribution is -2.51. The van der Waals surface area contributed by atoms with Crippen molar-refractivity contribution in [2.45, 2.75) is 32.2 Å². The number of amides is 1. The number of nitrogens with zero attached hydrogens (tertiary/aromatic N) is 1. The van der Waals surface area contributed by atoms with Crippen molar-refractivity contribution in [2.75, 3.05) is 11.9 Å². The molecule has 5 N–H and O–H groups in total. The van der Waals surface area contributed by atoms with Crippen LogP contribution in [0.5, 0.6) is 0 Å². The monoisotopic (exact) mass is 489 g/mol. The Morgan fingerprint density at radius 3 is 2.31 bits per heavy atom. The van der Waals surface area contributed by atoms with Crippen molar-refractivity contribution < 1.29 is 18.0 Å². The molecule has 3 unspecified atom stereocenters. The maximum absolute atomic E-state index is 13.2. The van der Waals surface area contributed by atoms with Crippen LogP contribution in [0.4, 0.5) is 18.9 Å². The van der Waals surface area contributed by atoms with Crippen molar-refractivity contribution in [3.63, 3.8) is 0 Å². The Hall–Kier alpha value is -2.33. The number of hydrogen-bond donors (Lipinski definition) is 4. The Morgan fingerprint density at radius 2 is 1.75 bits per heavy atom. The van der Waals surface area contributed by atoms with Crippen molar-refractivity contribution in [1.29, 1.82) is 0 Å². The molecule has 1 amide bonds. The average molecular weight is 490 g/mol. The van der Waals surface area contributed by atoms with E-state index in [9.17, 15) is 18.0 Å². The third-order valence-electron chi connectivity index (χ3n) is 4.53. The average Bonchev–Trinajstić information content (AvgIpc) is 2.71. The summed E-state index contributed by atoms with van der Waals surface area (Å²) in [6.45, 7) is 3.39. The number of carbonyl (C=O) groups is 1. The molecule has 0 heterocycles. The van der Waals surface area contributed by atoms with Gasteiger partial charge >= 0.3 is 6.18 Å². The van der Waals surface area contributed by atoms with Gasteiger partial charge in [-0.15, -0.1) is 0 Å². The summed E-state index contributed by atoms with van der Waals surface area (Å²) in [7, 11) is 0. The number of halogens is 5.